The first-order valence-electron chi connectivity index (χ1n) is 10.7. The van der Waals surface area contributed by atoms with Crippen molar-refractivity contribution in [3.8, 4) is 11.5 Å². The molecule has 2 bridgehead atoms. The fourth-order valence-electron chi connectivity index (χ4n) is 6.93. The molecule has 2 N–H and O–H groups in total. The van der Waals surface area contributed by atoms with Gasteiger partial charge in [-0.3, -0.25) is 4.90 Å². The lowest BCUT2D eigenvalue weighted by Crippen LogP contribution is -2.76. The highest BCUT2D eigenvalue weighted by molar-refractivity contribution is 5.68. The van der Waals surface area contributed by atoms with Crippen molar-refractivity contribution in [2.24, 2.45) is 5.92 Å². The molecule has 2 heterocycles. The number of likely N-dealkylation sites (tertiary alicyclic amines) is 1. The molecular weight excluding hydrogens is 358 g/mol. The Balaban J connectivity index is 1.54. The molecule has 0 amide bonds. The third-order valence-corrected chi connectivity index (χ3v) is 8.08. The molecule has 2 saturated carbocycles. The number of phenolic OH excluding ortho intramolecular Hbond substituents is 1. The topological polar surface area (TPSA) is 79.2 Å². The standard InChI is InChI=1S/C22H27NO5/c24-15-6-5-14-10-16-22(27-12-18(25)26)7-1-2-17-21(22,19(14)20(15)28-17)8-9-23(16)11-13-3-4-13/h5-6,13,16-17,24H,1-4,7-12H2,(H,25,26)/t16-,17+,21-,22-/m1/s1. The van der Waals surface area contributed by atoms with Crippen LogP contribution in [0.15, 0.2) is 12.1 Å². The van der Waals surface area contributed by atoms with Gasteiger partial charge in [-0.25, -0.2) is 4.79 Å². The summed E-state index contributed by atoms with van der Waals surface area (Å²) in [6.45, 7) is 1.81. The van der Waals surface area contributed by atoms with Gasteiger partial charge in [-0.15, -0.1) is 0 Å². The minimum absolute atomic E-state index is 0.0389. The van der Waals surface area contributed by atoms with Crippen LogP contribution in [0.4, 0.5) is 0 Å². The summed E-state index contributed by atoms with van der Waals surface area (Å²) in [6, 6.07) is 3.98. The number of ether oxygens (including phenoxy) is 2. The Labute approximate surface area is 164 Å². The maximum absolute atomic E-state index is 11.5. The Morgan fingerprint density at radius 1 is 1.29 bits per heavy atom. The second-order valence-electron chi connectivity index (χ2n) is 9.40. The highest BCUT2D eigenvalue weighted by Gasteiger charge is 2.72. The van der Waals surface area contributed by atoms with Crippen LogP contribution in [0, 0.1) is 5.92 Å². The van der Waals surface area contributed by atoms with Gasteiger partial charge in [-0.1, -0.05) is 6.07 Å². The number of hydrogen-bond donors (Lipinski definition) is 2. The lowest BCUT2D eigenvalue weighted by Gasteiger charge is -2.64. The molecule has 28 heavy (non-hydrogen) atoms. The Morgan fingerprint density at radius 2 is 2.14 bits per heavy atom. The number of hydrogen-bond acceptors (Lipinski definition) is 5. The summed E-state index contributed by atoms with van der Waals surface area (Å²) < 4.78 is 12.8. The number of aliphatic carboxylic acids is 1. The number of carbonyl (C=O) groups is 1. The van der Waals surface area contributed by atoms with E-state index < -0.39 is 11.6 Å². The molecule has 3 fully saturated rings. The van der Waals surface area contributed by atoms with Gasteiger partial charge in [0.2, 0.25) is 0 Å². The summed E-state index contributed by atoms with van der Waals surface area (Å²) in [5.74, 6) is 0.692. The Kier molecular flexibility index (Phi) is 3.44. The monoisotopic (exact) mass is 385 g/mol. The fourth-order valence-corrected chi connectivity index (χ4v) is 6.93. The van der Waals surface area contributed by atoms with E-state index >= 15 is 0 Å². The van der Waals surface area contributed by atoms with Gasteiger partial charge < -0.3 is 19.7 Å². The fraction of sp³-hybridized carbons (Fsp3) is 0.682. The molecule has 1 saturated heterocycles. The van der Waals surface area contributed by atoms with Crippen LogP contribution in [0.5, 0.6) is 11.5 Å². The third kappa shape index (κ3) is 2.03. The van der Waals surface area contributed by atoms with E-state index in [0.29, 0.717) is 5.75 Å². The number of piperidine rings is 1. The predicted octanol–water partition coefficient (Wildman–Crippen LogP) is 2.46. The summed E-state index contributed by atoms with van der Waals surface area (Å²) in [7, 11) is 0. The zero-order valence-electron chi connectivity index (χ0n) is 16.0. The summed E-state index contributed by atoms with van der Waals surface area (Å²) in [5.41, 5.74) is 1.47. The number of rotatable bonds is 5. The third-order valence-electron chi connectivity index (χ3n) is 8.08. The zero-order chi connectivity index (χ0) is 19.1. The van der Waals surface area contributed by atoms with Gasteiger partial charge in [0.1, 0.15) is 12.7 Å². The van der Waals surface area contributed by atoms with Gasteiger partial charge in [-0.05, 0) is 69.0 Å². The van der Waals surface area contributed by atoms with Crippen LogP contribution >= 0.6 is 0 Å². The molecule has 1 spiro atoms. The molecular formula is C22H27NO5. The Bertz CT molecular complexity index is 852. The smallest absolute Gasteiger partial charge is 0.329 e. The van der Waals surface area contributed by atoms with Crippen molar-refractivity contribution in [2.45, 2.75) is 68.1 Å². The maximum atomic E-state index is 11.5. The Morgan fingerprint density at radius 3 is 2.93 bits per heavy atom. The molecule has 4 atom stereocenters. The summed E-state index contributed by atoms with van der Waals surface area (Å²) in [4.78, 5) is 14.1. The molecule has 0 radical (unpaired) electrons. The van der Waals surface area contributed by atoms with Gasteiger partial charge in [-0.2, -0.15) is 0 Å². The van der Waals surface area contributed by atoms with Crippen molar-refractivity contribution in [1.29, 1.82) is 0 Å². The van der Waals surface area contributed by atoms with Crippen LogP contribution in [-0.4, -0.2) is 58.5 Å². The van der Waals surface area contributed by atoms with Gasteiger partial charge in [0.05, 0.1) is 11.0 Å². The SMILES string of the molecule is O=C(O)CO[C@@]12CCC[C@@H]3Oc4c(O)ccc5c4[C@@]31CCN(CC1CC1)[C@@H]2C5. The largest absolute Gasteiger partial charge is 0.504 e. The van der Waals surface area contributed by atoms with Crippen molar-refractivity contribution in [2.75, 3.05) is 19.7 Å². The molecule has 0 aromatic heterocycles. The average molecular weight is 385 g/mol. The van der Waals surface area contributed by atoms with Gasteiger partial charge >= 0.3 is 5.97 Å². The molecule has 0 unspecified atom stereocenters. The van der Waals surface area contributed by atoms with Crippen molar-refractivity contribution >= 4 is 5.97 Å². The first kappa shape index (κ1) is 17.1. The van der Waals surface area contributed by atoms with E-state index in [-0.39, 0.29) is 29.9 Å². The molecule has 1 aromatic carbocycles. The van der Waals surface area contributed by atoms with Gasteiger partial charge in [0.15, 0.2) is 11.5 Å². The molecule has 6 rings (SSSR count). The number of carboxylic acids is 1. The van der Waals surface area contributed by atoms with Crippen LogP contribution in [0.25, 0.3) is 0 Å². The molecule has 6 heteroatoms. The predicted molar refractivity (Wildman–Crippen MR) is 101 cm³/mol. The minimum Gasteiger partial charge on any atom is -0.504 e. The normalized spacial score (nSPS) is 38.0. The molecule has 150 valence electrons. The second kappa shape index (κ2) is 5.63. The number of benzene rings is 1. The highest BCUT2D eigenvalue weighted by Crippen LogP contribution is 2.66. The number of phenols is 1. The molecule has 1 aromatic rings. The van der Waals surface area contributed by atoms with Gasteiger partial charge in [0.25, 0.3) is 0 Å². The maximum Gasteiger partial charge on any atom is 0.329 e. The molecule has 2 aliphatic heterocycles. The molecule has 6 nitrogen and oxygen atoms in total. The van der Waals surface area contributed by atoms with Crippen LogP contribution in [0.1, 0.15) is 49.7 Å². The van der Waals surface area contributed by atoms with Crippen molar-refractivity contribution < 1.29 is 24.5 Å². The van der Waals surface area contributed by atoms with E-state index in [4.69, 9.17) is 9.47 Å². The van der Waals surface area contributed by atoms with Crippen molar-refractivity contribution in [3.63, 3.8) is 0 Å². The summed E-state index contributed by atoms with van der Waals surface area (Å²) in [6.07, 6.45) is 7.07. The molecule has 3 aliphatic carbocycles. The number of carboxylic acid groups (broad SMARTS) is 1. The van der Waals surface area contributed by atoms with E-state index in [1.54, 1.807) is 6.07 Å². The van der Waals surface area contributed by atoms with Gasteiger partial charge in [0, 0.05) is 18.2 Å². The minimum atomic E-state index is -0.916. The van der Waals surface area contributed by atoms with E-state index in [2.05, 4.69) is 4.90 Å². The van der Waals surface area contributed by atoms with Crippen molar-refractivity contribution in [3.05, 3.63) is 23.3 Å². The number of aromatic hydroxyl groups is 1. The highest BCUT2D eigenvalue weighted by atomic mass is 16.5. The van der Waals surface area contributed by atoms with Crippen LogP contribution in [0.2, 0.25) is 0 Å². The lowest BCUT2D eigenvalue weighted by molar-refractivity contribution is -0.219. The van der Waals surface area contributed by atoms with Crippen molar-refractivity contribution in [1.82, 2.24) is 4.90 Å². The summed E-state index contributed by atoms with van der Waals surface area (Å²) >= 11 is 0. The van der Waals surface area contributed by atoms with Crippen LogP contribution in [0.3, 0.4) is 0 Å². The lowest BCUT2D eigenvalue weighted by atomic mass is 9.49. The number of nitrogens with zero attached hydrogens (tertiary/aromatic N) is 1. The summed E-state index contributed by atoms with van der Waals surface area (Å²) in [5, 5.41) is 19.9. The van der Waals surface area contributed by atoms with E-state index in [1.807, 2.05) is 6.07 Å². The Hall–Kier alpha value is -1.79. The zero-order valence-corrected chi connectivity index (χ0v) is 16.0. The second-order valence-corrected chi connectivity index (χ2v) is 9.40. The van der Waals surface area contributed by atoms with Crippen LogP contribution in [-0.2, 0) is 21.4 Å². The first-order valence-corrected chi connectivity index (χ1v) is 10.7. The van der Waals surface area contributed by atoms with E-state index in [0.717, 1.165) is 56.7 Å². The quantitative estimate of drug-likeness (QED) is 0.811. The first-order chi connectivity index (χ1) is 13.5. The molecule has 5 aliphatic rings. The van der Waals surface area contributed by atoms with E-state index in [9.17, 15) is 15.0 Å². The van der Waals surface area contributed by atoms with E-state index in [1.165, 1.54) is 18.4 Å². The average Bonchev–Trinajstić information content (AvgIpc) is 3.42. The van der Waals surface area contributed by atoms with Crippen LogP contribution < -0.4 is 4.74 Å².